The van der Waals surface area contributed by atoms with Crippen LogP contribution in [-0.4, -0.2) is 18.9 Å². The van der Waals surface area contributed by atoms with E-state index in [-0.39, 0.29) is 11.8 Å². The van der Waals surface area contributed by atoms with Crippen LogP contribution < -0.4 is 0 Å². The standard InChI is InChI=1S/C19H32O3/c1-3-4-5-6-9-12-15-18(20)16-13-10-7-8-11-14-17-19(21)22-2/h3-11,13-14,16-17H2,1-2H3. The molecule has 0 saturated heterocycles. The first-order valence-corrected chi connectivity index (χ1v) is 8.79. The highest BCUT2D eigenvalue weighted by atomic mass is 16.5. The van der Waals surface area contributed by atoms with E-state index in [0.717, 1.165) is 51.4 Å². The van der Waals surface area contributed by atoms with Crippen molar-refractivity contribution >= 4 is 11.8 Å². The third-order valence-corrected chi connectivity index (χ3v) is 3.65. The van der Waals surface area contributed by atoms with E-state index in [0.29, 0.717) is 12.8 Å². The van der Waals surface area contributed by atoms with Gasteiger partial charge in [-0.25, -0.2) is 0 Å². The van der Waals surface area contributed by atoms with Crippen molar-refractivity contribution in [1.82, 2.24) is 0 Å². The first-order chi connectivity index (χ1) is 10.7. The predicted octanol–water partition coefficient (Wildman–Crippen LogP) is 4.82. The fraction of sp³-hybridized carbons (Fsp3) is 0.789. The number of methoxy groups -OCH3 is 1. The Morgan fingerprint density at radius 1 is 0.818 bits per heavy atom. The van der Waals surface area contributed by atoms with Crippen LogP contribution in [0, 0.1) is 11.8 Å². The van der Waals surface area contributed by atoms with Crippen LogP contribution in [0.2, 0.25) is 0 Å². The van der Waals surface area contributed by atoms with E-state index in [1.165, 1.54) is 26.4 Å². The minimum absolute atomic E-state index is 0.0844. The minimum Gasteiger partial charge on any atom is -0.469 e. The maximum absolute atomic E-state index is 11.6. The number of esters is 1. The lowest BCUT2D eigenvalue weighted by atomic mass is 10.1. The van der Waals surface area contributed by atoms with Gasteiger partial charge in [-0.05, 0) is 25.2 Å². The predicted molar refractivity (Wildman–Crippen MR) is 90.5 cm³/mol. The van der Waals surface area contributed by atoms with Gasteiger partial charge in [0, 0.05) is 19.3 Å². The first-order valence-electron chi connectivity index (χ1n) is 8.79. The number of hydrogen-bond acceptors (Lipinski definition) is 3. The molecular weight excluding hydrogens is 276 g/mol. The Morgan fingerprint density at radius 3 is 2.05 bits per heavy atom. The lowest BCUT2D eigenvalue weighted by Crippen LogP contribution is -1.99. The molecular formula is C19H32O3. The third kappa shape index (κ3) is 15.1. The molecule has 0 N–H and O–H groups in total. The van der Waals surface area contributed by atoms with Crippen molar-refractivity contribution in [3.8, 4) is 11.8 Å². The van der Waals surface area contributed by atoms with Crippen LogP contribution in [0.25, 0.3) is 0 Å². The van der Waals surface area contributed by atoms with Gasteiger partial charge in [-0.1, -0.05) is 57.8 Å². The van der Waals surface area contributed by atoms with E-state index in [1.54, 1.807) is 0 Å². The molecule has 0 aliphatic rings. The largest absolute Gasteiger partial charge is 0.469 e. The van der Waals surface area contributed by atoms with Gasteiger partial charge in [0.25, 0.3) is 0 Å². The second-order valence-corrected chi connectivity index (χ2v) is 5.73. The fourth-order valence-electron chi connectivity index (χ4n) is 2.23. The number of Topliss-reactive ketones (excluding diaryl/α,β-unsaturated/α-hetero) is 1. The second kappa shape index (κ2) is 16.1. The van der Waals surface area contributed by atoms with Crippen LogP contribution in [0.3, 0.4) is 0 Å². The third-order valence-electron chi connectivity index (χ3n) is 3.65. The van der Waals surface area contributed by atoms with Gasteiger partial charge < -0.3 is 4.74 Å². The number of ether oxygens (including phenoxy) is 1. The van der Waals surface area contributed by atoms with Crippen molar-refractivity contribution in [3.63, 3.8) is 0 Å². The molecule has 0 spiro atoms. The zero-order valence-electron chi connectivity index (χ0n) is 14.4. The van der Waals surface area contributed by atoms with Gasteiger partial charge in [0.15, 0.2) is 0 Å². The molecule has 3 heteroatoms. The molecule has 0 aliphatic carbocycles. The fourth-order valence-corrected chi connectivity index (χ4v) is 2.23. The Kier molecular flexibility index (Phi) is 15.1. The monoisotopic (exact) mass is 308 g/mol. The molecule has 0 aromatic rings. The van der Waals surface area contributed by atoms with Crippen molar-refractivity contribution in [2.75, 3.05) is 7.11 Å². The topological polar surface area (TPSA) is 43.4 Å². The van der Waals surface area contributed by atoms with Crippen molar-refractivity contribution in [1.29, 1.82) is 0 Å². The Balaban J connectivity index is 3.35. The van der Waals surface area contributed by atoms with Gasteiger partial charge in [0.2, 0.25) is 5.78 Å². The van der Waals surface area contributed by atoms with E-state index in [1.807, 2.05) is 0 Å². The summed E-state index contributed by atoms with van der Waals surface area (Å²) in [5.74, 6) is 5.69. The zero-order chi connectivity index (χ0) is 16.5. The molecule has 0 aliphatic heterocycles. The summed E-state index contributed by atoms with van der Waals surface area (Å²) in [5, 5.41) is 0. The van der Waals surface area contributed by atoms with Crippen molar-refractivity contribution in [2.24, 2.45) is 0 Å². The van der Waals surface area contributed by atoms with Gasteiger partial charge >= 0.3 is 5.97 Å². The molecule has 0 saturated carbocycles. The number of rotatable bonds is 13. The summed E-state index contributed by atoms with van der Waals surface area (Å²) >= 11 is 0. The average Bonchev–Trinajstić information content (AvgIpc) is 2.52. The maximum atomic E-state index is 11.6. The summed E-state index contributed by atoms with van der Waals surface area (Å²) in [4.78, 5) is 22.5. The lowest BCUT2D eigenvalue weighted by molar-refractivity contribution is -0.140. The zero-order valence-corrected chi connectivity index (χ0v) is 14.4. The molecule has 0 bridgehead atoms. The number of ketones is 1. The van der Waals surface area contributed by atoms with Crippen LogP contribution in [0.1, 0.15) is 90.4 Å². The van der Waals surface area contributed by atoms with Crippen LogP contribution in [0.4, 0.5) is 0 Å². The Labute approximate surface area is 136 Å². The number of carbonyl (C=O) groups excluding carboxylic acids is 2. The average molecular weight is 308 g/mol. The van der Waals surface area contributed by atoms with Crippen molar-refractivity contribution < 1.29 is 14.3 Å². The molecule has 0 aromatic carbocycles. The molecule has 0 amide bonds. The molecule has 0 radical (unpaired) electrons. The van der Waals surface area contributed by atoms with E-state index in [4.69, 9.17) is 0 Å². The quantitative estimate of drug-likeness (QED) is 0.212. The molecule has 0 aromatic heterocycles. The molecule has 22 heavy (non-hydrogen) atoms. The molecule has 0 atom stereocenters. The Morgan fingerprint density at radius 2 is 1.41 bits per heavy atom. The summed E-state index contributed by atoms with van der Waals surface area (Å²) in [7, 11) is 1.42. The van der Waals surface area contributed by atoms with Crippen LogP contribution in [0.15, 0.2) is 0 Å². The molecule has 126 valence electrons. The van der Waals surface area contributed by atoms with Gasteiger partial charge in [-0.15, -0.1) is 0 Å². The molecule has 0 heterocycles. The lowest BCUT2D eigenvalue weighted by Gasteiger charge is -2.00. The normalized spacial score (nSPS) is 9.91. The molecule has 0 unspecified atom stereocenters. The van der Waals surface area contributed by atoms with Gasteiger partial charge in [0.1, 0.15) is 0 Å². The molecule has 0 fully saturated rings. The summed E-state index contributed by atoms with van der Waals surface area (Å²) < 4.78 is 4.59. The summed E-state index contributed by atoms with van der Waals surface area (Å²) in [5.41, 5.74) is 0. The SMILES string of the molecule is CCCCCCC#CC(=O)CCCCCCCCC(=O)OC. The highest BCUT2D eigenvalue weighted by Gasteiger charge is 2.00. The summed E-state index contributed by atoms with van der Waals surface area (Å²) in [6.45, 7) is 2.19. The van der Waals surface area contributed by atoms with Crippen LogP contribution in [-0.2, 0) is 14.3 Å². The highest BCUT2D eigenvalue weighted by Crippen LogP contribution is 2.09. The maximum Gasteiger partial charge on any atom is 0.305 e. The molecule has 0 rings (SSSR count). The number of carbonyl (C=O) groups is 2. The summed E-state index contributed by atoms with van der Waals surface area (Å²) in [6.07, 6.45) is 13.0. The van der Waals surface area contributed by atoms with Crippen LogP contribution in [0.5, 0.6) is 0 Å². The molecule has 3 nitrogen and oxygen atoms in total. The Hall–Kier alpha value is -1.30. The van der Waals surface area contributed by atoms with E-state index in [9.17, 15) is 9.59 Å². The number of unbranched alkanes of at least 4 members (excludes halogenated alkanes) is 9. The van der Waals surface area contributed by atoms with Gasteiger partial charge in [0.05, 0.1) is 7.11 Å². The van der Waals surface area contributed by atoms with E-state index >= 15 is 0 Å². The van der Waals surface area contributed by atoms with E-state index in [2.05, 4.69) is 23.5 Å². The van der Waals surface area contributed by atoms with E-state index < -0.39 is 0 Å². The second-order valence-electron chi connectivity index (χ2n) is 5.73. The Bertz CT molecular complexity index is 349. The first kappa shape index (κ1) is 20.7. The van der Waals surface area contributed by atoms with Crippen molar-refractivity contribution in [3.05, 3.63) is 0 Å². The van der Waals surface area contributed by atoms with Crippen LogP contribution >= 0.6 is 0 Å². The minimum atomic E-state index is -0.126. The number of hydrogen-bond donors (Lipinski definition) is 0. The van der Waals surface area contributed by atoms with Gasteiger partial charge in [-0.3, -0.25) is 9.59 Å². The smallest absolute Gasteiger partial charge is 0.305 e. The van der Waals surface area contributed by atoms with Gasteiger partial charge in [-0.2, -0.15) is 0 Å². The highest BCUT2D eigenvalue weighted by molar-refractivity contribution is 5.95. The van der Waals surface area contributed by atoms with Crippen molar-refractivity contribution in [2.45, 2.75) is 90.4 Å². The summed E-state index contributed by atoms with van der Waals surface area (Å²) in [6, 6.07) is 0.